The number of rotatable bonds is 6. The summed E-state index contributed by atoms with van der Waals surface area (Å²) in [5.74, 6) is -0.175. The standard InChI is InChI=1S/C24H25N7O2/c1-15(17-2-3-17)31-13-16(11-29-31)10-27-21(25)23(33)30-24(8-9-24)19-6-4-18(5-7-19)20-12-26-14-28-22(20)32/h4-7,10-15,17,25H,2-3,8-9H2,1H3,(H,30,33)(H,26,28,32)/t15-/m0/s1. The van der Waals surface area contributed by atoms with Crippen molar-refractivity contribution in [2.24, 2.45) is 10.9 Å². The van der Waals surface area contributed by atoms with Crippen molar-refractivity contribution in [1.82, 2.24) is 25.1 Å². The lowest BCUT2D eigenvalue weighted by Gasteiger charge is -2.18. The molecule has 0 aliphatic heterocycles. The second-order valence-electron chi connectivity index (χ2n) is 8.85. The van der Waals surface area contributed by atoms with Gasteiger partial charge in [0.25, 0.3) is 11.5 Å². The maximum atomic E-state index is 12.6. The Kier molecular flexibility index (Phi) is 5.24. The SMILES string of the molecule is C[C@@H](C1CC1)n1cc(C=NC(=N)C(=O)NC2(c3ccc(-c4cnc[nH]c4=O)cc3)CC2)cn1. The fourth-order valence-electron chi connectivity index (χ4n) is 4.04. The van der Waals surface area contributed by atoms with Gasteiger partial charge >= 0.3 is 0 Å². The van der Waals surface area contributed by atoms with E-state index in [0.717, 1.165) is 29.5 Å². The van der Waals surface area contributed by atoms with Gasteiger partial charge in [-0.25, -0.2) is 9.98 Å². The Bertz CT molecular complexity index is 1280. The maximum Gasteiger partial charge on any atom is 0.289 e. The minimum absolute atomic E-state index is 0.203. The highest BCUT2D eigenvalue weighted by Crippen LogP contribution is 2.45. The summed E-state index contributed by atoms with van der Waals surface area (Å²) in [5, 5.41) is 15.4. The van der Waals surface area contributed by atoms with Crippen LogP contribution in [-0.2, 0) is 10.3 Å². The highest BCUT2D eigenvalue weighted by Gasteiger charge is 2.46. The average Bonchev–Trinajstić information content (AvgIpc) is 3.76. The molecule has 1 amide bonds. The van der Waals surface area contributed by atoms with E-state index >= 15 is 0 Å². The summed E-state index contributed by atoms with van der Waals surface area (Å²) in [6, 6.07) is 7.84. The third kappa shape index (κ3) is 4.39. The molecule has 0 spiro atoms. The van der Waals surface area contributed by atoms with E-state index in [9.17, 15) is 9.59 Å². The molecule has 0 bridgehead atoms. The van der Waals surface area contributed by atoms with Crippen LogP contribution in [0.2, 0.25) is 0 Å². The fraction of sp³-hybridized carbons (Fsp3) is 0.333. The maximum absolute atomic E-state index is 12.6. The first-order valence-corrected chi connectivity index (χ1v) is 11.1. The lowest BCUT2D eigenvalue weighted by atomic mass is 10.0. The van der Waals surface area contributed by atoms with Gasteiger partial charge < -0.3 is 10.3 Å². The van der Waals surface area contributed by atoms with Crippen molar-refractivity contribution < 1.29 is 4.79 Å². The molecular formula is C24H25N7O2. The van der Waals surface area contributed by atoms with Crippen LogP contribution in [0.5, 0.6) is 0 Å². The van der Waals surface area contributed by atoms with E-state index in [2.05, 4.69) is 32.3 Å². The van der Waals surface area contributed by atoms with E-state index in [-0.39, 0.29) is 11.4 Å². The van der Waals surface area contributed by atoms with E-state index in [4.69, 9.17) is 5.41 Å². The van der Waals surface area contributed by atoms with Gasteiger partial charge in [0, 0.05) is 24.2 Å². The van der Waals surface area contributed by atoms with Crippen molar-refractivity contribution in [3.8, 4) is 11.1 Å². The summed E-state index contributed by atoms with van der Waals surface area (Å²) >= 11 is 0. The van der Waals surface area contributed by atoms with Crippen LogP contribution >= 0.6 is 0 Å². The van der Waals surface area contributed by atoms with Gasteiger partial charge in [0.15, 0.2) is 0 Å². The first kappa shape index (κ1) is 21.0. The molecule has 1 aromatic carbocycles. The molecule has 1 atom stereocenters. The number of aromatic amines is 1. The predicted molar refractivity (Wildman–Crippen MR) is 124 cm³/mol. The molecule has 2 aromatic heterocycles. The Hall–Kier alpha value is -3.88. The van der Waals surface area contributed by atoms with Crippen molar-refractivity contribution in [1.29, 1.82) is 5.41 Å². The Morgan fingerprint density at radius 3 is 2.73 bits per heavy atom. The molecule has 0 saturated heterocycles. The summed E-state index contributed by atoms with van der Waals surface area (Å²) in [6.07, 6.45) is 12.0. The number of carbonyl (C=O) groups is 1. The summed E-state index contributed by atoms with van der Waals surface area (Å²) in [6.45, 7) is 2.15. The van der Waals surface area contributed by atoms with E-state index < -0.39 is 11.4 Å². The van der Waals surface area contributed by atoms with Crippen molar-refractivity contribution in [2.45, 2.75) is 44.2 Å². The Balaban J connectivity index is 1.23. The van der Waals surface area contributed by atoms with Crippen LogP contribution in [0.4, 0.5) is 0 Å². The molecule has 2 saturated carbocycles. The van der Waals surface area contributed by atoms with Gasteiger partial charge in [-0.3, -0.25) is 19.7 Å². The molecule has 168 valence electrons. The molecule has 2 heterocycles. The zero-order chi connectivity index (χ0) is 23.0. The third-order valence-corrected chi connectivity index (χ3v) is 6.47. The topological polar surface area (TPSA) is 129 Å². The molecule has 2 aliphatic carbocycles. The number of hydrogen-bond donors (Lipinski definition) is 3. The zero-order valence-electron chi connectivity index (χ0n) is 18.3. The minimum Gasteiger partial charge on any atom is -0.340 e. The molecule has 33 heavy (non-hydrogen) atoms. The largest absolute Gasteiger partial charge is 0.340 e. The Morgan fingerprint density at radius 2 is 2.06 bits per heavy atom. The highest BCUT2D eigenvalue weighted by molar-refractivity contribution is 6.38. The molecule has 3 N–H and O–H groups in total. The van der Waals surface area contributed by atoms with Crippen LogP contribution in [0.25, 0.3) is 11.1 Å². The second-order valence-corrected chi connectivity index (χ2v) is 8.85. The monoisotopic (exact) mass is 443 g/mol. The summed E-state index contributed by atoms with van der Waals surface area (Å²) < 4.78 is 1.92. The minimum atomic E-state index is -0.518. The van der Waals surface area contributed by atoms with Crippen molar-refractivity contribution in [3.05, 3.63) is 70.7 Å². The zero-order valence-corrected chi connectivity index (χ0v) is 18.3. The number of nitrogens with zero attached hydrogens (tertiary/aromatic N) is 4. The molecular weight excluding hydrogens is 418 g/mol. The summed E-state index contributed by atoms with van der Waals surface area (Å²) in [5.41, 5.74) is 2.25. The molecule has 9 nitrogen and oxygen atoms in total. The predicted octanol–water partition coefficient (Wildman–Crippen LogP) is 2.81. The Morgan fingerprint density at radius 1 is 1.30 bits per heavy atom. The van der Waals surface area contributed by atoms with Crippen LogP contribution in [0.15, 0.2) is 59.0 Å². The van der Waals surface area contributed by atoms with Gasteiger partial charge in [-0.1, -0.05) is 24.3 Å². The molecule has 5 rings (SSSR count). The van der Waals surface area contributed by atoms with Crippen molar-refractivity contribution in [2.75, 3.05) is 0 Å². The fourth-order valence-corrected chi connectivity index (χ4v) is 4.04. The smallest absolute Gasteiger partial charge is 0.289 e. The normalized spacial score (nSPS) is 17.6. The first-order chi connectivity index (χ1) is 15.9. The van der Waals surface area contributed by atoms with Crippen molar-refractivity contribution in [3.63, 3.8) is 0 Å². The Labute approximate surface area is 190 Å². The van der Waals surface area contributed by atoms with E-state index in [1.807, 2.05) is 35.1 Å². The number of nitrogens with one attached hydrogen (secondary N) is 3. The lowest BCUT2D eigenvalue weighted by molar-refractivity contribution is -0.115. The molecule has 2 fully saturated rings. The van der Waals surface area contributed by atoms with Crippen LogP contribution in [0, 0.1) is 11.3 Å². The lowest BCUT2D eigenvalue weighted by Crippen LogP contribution is -2.38. The number of amidine groups is 1. The van der Waals surface area contributed by atoms with Crippen LogP contribution in [0.1, 0.15) is 49.8 Å². The number of aliphatic imine (C=N–C) groups is 1. The molecule has 0 unspecified atom stereocenters. The van der Waals surface area contributed by atoms with E-state index in [1.165, 1.54) is 31.6 Å². The molecule has 3 aromatic rings. The van der Waals surface area contributed by atoms with Gasteiger partial charge in [-0.2, -0.15) is 5.10 Å². The molecule has 0 radical (unpaired) electrons. The number of hydrogen-bond acceptors (Lipinski definition) is 5. The van der Waals surface area contributed by atoms with Gasteiger partial charge in [0.2, 0.25) is 5.84 Å². The second kappa shape index (κ2) is 8.23. The number of benzene rings is 1. The van der Waals surface area contributed by atoms with Crippen LogP contribution in [-0.4, -0.2) is 37.7 Å². The summed E-state index contributed by atoms with van der Waals surface area (Å²) in [7, 11) is 0. The first-order valence-electron chi connectivity index (χ1n) is 11.1. The van der Waals surface area contributed by atoms with Crippen molar-refractivity contribution >= 4 is 18.0 Å². The number of aromatic nitrogens is 4. The average molecular weight is 444 g/mol. The number of H-pyrrole nitrogens is 1. The van der Waals surface area contributed by atoms with Gasteiger partial charge in [-0.05, 0) is 49.7 Å². The van der Waals surface area contributed by atoms with Gasteiger partial charge in [0.1, 0.15) is 0 Å². The summed E-state index contributed by atoms with van der Waals surface area (Å²) in [4.78, 5) is 35.2. The highest BCUT2D eigenvalue weighted by atomic mass is 16.2. The number of amides is 1. The molecule has 2 aliphatic rings. The number of carbonyl (C=O) groups excluding carboxylic acids is 1. The van der Waals surface area contributed by atoms with Gasteiger partial charge in [-0.15, -0.1) is 0 Å². The van der Waals surface area contributed by atoms with Crippen LogP contribution in [0.3, 0.4) is 0 Å². The van der Waals surface area contributed by atoms with E-state index in [0.29, 0.717) is 17.5 Å². The van der Waals surface area contributed by atoms with E-state index in [1.54, 1.807) is 6.20 Å². The van der Waals surface area contributed by atoms with Crippen LogP contribution < -0.4 is 10.9 Å². The van der Waals surface area contributed by atoms with Gasteiger partial charge in [0.05, 0.1) is 29.7 Å². The third-order valence-electron chi connectivity index (χ3n) is 6.47. The quantitative estimate of drug-likeness (QED) is 0.400. The molecule has 9 heteroatoms.